The van der Waals surface area contributed by atoms with E-state index < -0.39 is 77.3 Å². The first-order valence-electron chi connectivity index (χ1n) is 10.3. The van der Waals surface area contributed by atoms with Crippen molar-refractivity contribution >= 4 is 35.2 Å². The molecule has 0 aliphatic heterocycles. The van der Waals surface area contributed by atoms with Crippen LogP contribution in [0.15, 0.2) is 24.3 Å². The van der Waals surface area contributed by atoms with E-state index in [0.29, 0.717) is 0 Å². The largest absolute Gasteiger partial charge is 0.460 e. The van der Waals surface area contributed by atoms with Crippen molar-refractivity contribution in [3.63, 3.8) is 0 Å². The summed E-state index contributed by atoms with van der Waals surface area (Å²) in [6, 6.07) is 4.27. The molecule has 228 valence electrons. The normalized spacial score (nSPS) is 13.7. The minimum absolute atomic E-state index is 0.0198. The molecule has 2 aromatic rings. The van der Waals surface area contributed by atoms with Gasteiger partial charge in [0.05, 0.1) is 5.69 Å². The molecule has 1 aromatic heterocycles. The van der Waals surface area contributed by atoms with E-state index in [1.54, 1.807) is 0 Å². The van der Waals surface area contributed by atoms with Gasteiger partial charge in [0.2, 0.25) is 5.95 Å². The molecule has 0 unspecified atom stereocenters. The zero-order valence-electron chi connectivity index (χ0n) is 19.4. The van der Waals surface area contributed by atoms with E-state index in [9.17, 15) is 71.1 Å². The summed E-state index contributed by atoms with van der Waals surface area (Å²) in [5.41, 5.74) is -1.49. The number of nitrogens with one attached hydrogen (secondary N) is 2. The van der Waals surface area contributed by atoms with Crippen molar-refractivity contribution < 1.29 is 71.1 Å². The van der Waals surface area contributed by atoms with Gasteiger partial charge in [-0.15, -0.1) is 0 Å². The van der Waals surface area contributed by atoms with Gasteiger partial charge in [-0.1, -0.05) is 30.7 Å². The van der Waals surface area contributed by atoms with Gasteiger partial charge in [-0.2, -0.15) is 66.4 Å². The number of nitrogens with zero attached hydrogens (tertiary/aromatic N) is 2. The number of rotatable bonds is 8. The van der Waals surface area contributed by atoms with Crippen LogP contribution in [0.1, 0.15) is 12.6 Å². The van der Waals surface area contributed by atoms with Crippen molar-refractivity contribution in [1.82, 2.24) is 9.97 Å². The number of alkyl halides is 14. The lowest BCUT2D eigenvalue weighted by molar-refractivity contribution is -0.343. The number of benzene rings is 1. The highest BCUT2D eigenvalue weighted by atomic mass is 35.5. The molecular weight excluding hydrogens is 630 g/mol. The summed E-state index contributed by atoms with van der Waals surface area (Å²) in [5.74, 6) is -36.9. The van der Waals surface area contributed by atoms with Gasteiger partial charge in [0, 0.05) is 10.6 Å². The fraction of sp³-hybridized carbons (Fsp3) is 0.400. The lowest BCUT2D eigenvalue weighted by Crippen LogP contribution is -2.58. The van der Waals surface area contributed by atoms with Crippen molar-refractivity contribution in [2.45, 2.75) is 49.4 Å². The van der Waals surface area contributed by atoms with Crippen LogP contribution in [0.2, 0.25) is 5.02 Å². The first-order chi connectivity index (χ1) is 18.3. The summed E-state index contributed by atoms with van der Waals surface area (Å²) in [7, 11) is 0. The molecule has 0 spiro atoms. The van der Waals surface area contributed by atoms with Crippen molar-refractivity contribution in [2.75, 3.05) is 10.6 Å². The van der Waals surface area contributed by atoms with Gasteiger partial charge in [0.25, 0.3) is 0 Å². The summed E-state index contributed by atoms with van der Waals surface area (Å²) in [4.78, 5) is 30.1. The van der Waals surface area contributed by atoms with E-state index in [1.165, 1.54) is 0 Å². The van der Waals surface area contributed by atoms with Crippen molar-refractivity contribution in [3.05, 3.63) is 35.0 Å². The number of carbonyl (C=O) groups is 2. The molecule has 1 aromatic carbocycles. The van der Waals surface area contributed by atoms with Crippen LogP contribution in [-0.4, -0.2) is 57.8 Å². The minimum atomic E-state index is -6.98. The molecule has 21 heteroatoms. The van der Waals surface area contributed by atoms with Crippen LogP contribution in [-0.2, 0) is 16.0 Å². The number of aromatic nitrogens is 2. The maximum atomic E-state index is 14.0. The fourth-order valence-electron chi connectivity index (χ4n) is 2.84. The standard InChI is InChI=1S/C20H11ClF14N4O2/c1-2-9-10(7-3-5-8(21)6-4-7)11(37-12(40)15(22,23)17(26,27)19(30,31)32)38-14(36-9)39-13(41)16(24,25)18(28,29)20(33,34)35/h3-6H,2H2,1H3,(H2,36,37,38,39,40,41). The van der Waals surface area contributed by atoms with Crippen LogP contribution in [0.25, 0.3) is 11.1 Å². The molecule has 0 saturated heterocycles. The maximum absolute atomic E-state index is 14.0. The summed E-state index contributed by atoms with van der Waals surface area (Å²) >= 11 is 5.69. The third kappa shape index (κ3) is 6.10. The lowest BCUT2D eigenvalue weighted by atomic mass is 10.0. The summed E-state index contributed by atoms with van der Waals surface area (Å²) < 4.78 is 183. The lowest BCUT2D eigenvalue weighted by Gasteiger charge is -2.28. The first kappa shape index (κ1) is 33.8. The SMILES string of the molecule is CCc1nc(NC(=O)C(F)(F)C(F)(F)C(F)(F)F)nc(NC(=O)C(F)(F)C(F)(F)C(F)(F)F)c1-c1ccc(Cl)cc1. The monoisotopic (exact) mass is 640 g/mol. The molecule has 2 N–H and O–H groups in total. The average molecular weight is 641 g/mol. The molecule has 1 heterocycles. The molecule has 0 aliphatic carbocycles. The van der Waals surface area contributed by atoms with Gasteiger partial charge in [0.15, 0.2) is 0 Å². The molecule has 0 fully saturated rings. The van der Waals surface area contributed by atoms with Gasteiger partial charge >= 0.3 is 47.9 Å². The van der Waals surface area contributed by atoms with Gasteiger partial charge < -0.3 is 5.32 Å². The van der Waals surface area contributed by atoms with Crippen LogP contribution >= 0.6 is 11.6 Å². The Hall–Kier alpha value is -3.45. The molecule has 0 saturated carbocycles. The number of amides is 2. The molecule has 2 rings (SSSR count). The van der Waals surface area contributed by atoms with Gasteiger partial charge in [-0.05, 0) is 24.1 Å². The van der Waals surface area contributed by atoms with Gasteiger partial charge in [-0.3, -0.25) is 14.9 Å². The maximum Gasteiger partial charge on any atom is 0.460 e. The number of hydrogen-bond acceptors (Lipinski definition) is 4. The molecular formula is C20H11ClF14N4O2. The first-order valence-corrected chi connectivity index (χ1v) is 10.6. The Kier molecular flexibility index (Phi) is 8.85. The Morgan fingerprint density at radius 1 is 0.707 bits per heavy atom. The minimum Gasteiger partial charge on any atom is -0.305 e. The van der Waals surface area contributed by atoms with Crippen LogP contribution in [0.3, 0.4) is 0 Å². The molecule has 2 amide bonds. The number of halogens is 15. The van der Waals surface area contributed by atoms with Crippen LogP contribution in [0.5, 0.6) is 0 Å². The number of anilines is 2. The van der Waals surface area contributed by atoms with Crippen LogP contribution in [0.4, 0.5) is 73.2 Å². The molecule has 0 bridgehead atoms. The summed E-state index contributed by atoms with van der Waals surface area (Å²) in [6.45, 7) is 1.16. The van der Waals surface area contributed by atoms with Crippen LogP contribution < -0.4 is 10.6 Å². The second kappa shape index (κ2) is 10.8. The average Bonchev–Trinajstić information content (AvgIpc) is 2.82. The molecule has 41 heavy (non-hydrogen) atoms. The highest BCUT2D eigenvalue weighted by Crippen LogP contribution is 2.48. The highest BCUT2D eigenvalue weighted by molar-refractivity contribution is 6.30. The Labute approximate surface area is 223 Å². The van der Waals surface area contributed by atoms with E-state index in [2.05, 4.69) is 9.97 Å². The quantitative estimate of drug-likeness (QED) is 0.308. The van der Waals surface area contributed by atoms with E-state index >= 15 is 0 Å². The van der Waals surface area contributed by atoms with E-state index in [1.807, 2.05) is 0 Å². The zero-order chi connectivity index (χ0) is 32.0. The number of hydrogen-bond donors (Lipinski definition) is 2. The topological polar surface area (TPSA) is 84.0 Å². The predicted octanol–water partition coefficient (Wildman–Crippen LogP) is 6.90. The predicted molar refractivity (Wildman–Crippen MR) is 111 cm³/mol. The Balaban J connectivity index is 2.71. The molecule has 6 nitrogen and oxygen atoms in total. The van der Waals surface area contributed by atoms with Crippen LogP contribution in [0, 0.1) is 0 Å². The molecule has 0 atom stereocenters. The van der Waals surface area contributed by atoms with Gasteiger partial charge in [0.1, 0.15) is 5.82 Å². The summed E-state index contributed by atoms with van der Waals surface area (Å²) in [6.07, 6.45) is -14.4. The number of carbonyl (C=O) groups excluding carboxylic acids is 2. The smallest absolute Gasteiger partial charge is 0.305 e. The number of aryl methyl sites for hydroxylation is 1. The van der Waals surface area contributed by atoms with Gasteiger partial charge in [-0.25, -0.2) is 4.98 Å². The van der Waals surface area contributed by atoms with E-state index in [-0.39, 0.29) is 10.6 Å². The third-order valence-corrected chi connectivity index (χ3v) is 5.23. The Morgan fingerprint density at radius 3 is 1.51 bits per heavy atom. The van der Waals surface area contributed by atoms with E-state index in [0.717, 1.165) is 41.8 Å². The zero-order valence-corrected chi connectivity index (χ0v) is 20.2. The summed E-state index contributed by atoms with van der Waals surface area (Å²) in [5, 5.41) is 1.67. The molecule has 0 radical (unpaired) electrons. The van der Waals surface area contributed by atoms with Crippen molar-refractivity contribution in [1.29, 1.82) is 0 Å². The Bertz CT molecular complexity index is 1310. The fourth-order valence-corrected chi connectivity index (χ4v) is 2.96. The third-order valence-electron chi connectivity index (χ3n) is 4.98. The molecule has 0 aliphatic rings. The second-order valence-corrected chi connectivity index (χ2v) is 8.22. The van der Waals surface area contributed by atoms with Crippen molar-refractivity contribution in [3.8, 4) is 11.1 Å². The highest BCUT2D eigenvalue weighted by Gasteiger charge is 2.77. The second-order valence-electron chi connectivity index (χ2n) is 7.78. The van der Waals surface area contributed by atoms with E-state index in [4.69, 9.17) is 11.6 Å². The van der Waals surface area contributed by atoms with Crippen molar-refractivity contribution in [2.24, 2.45) is 0 Å². The Morgan fingerprint density at radius 2 is 1.12 bits per heavy atom.